The number of aryl methyl sites for hydroxylation is 2. The molecule has 0 radical (unpaired) electrons. The van der Waals surface area contributed by atoms with Crippen LogP contribution in [0.15, 0.2) is 18.2 Å². The fourth-order valence-corrected chi connectivity index (χ4v) is 3.63. The van der Waals surface area contributed by atoms with Crippen molar-refractivity contribution in [1.29, 1.82) is 0 Å². The highest BCUT2D eigenvalue weighted by atomic mass is 32.2. The Labute approximate surface area is 132 Å². The van der Waals surface area contributed by atoms with E-state index in [0.717, 1.165) is 30.4 Å². The molecule has 1 N–H and O–H groups in total. The van der Waals surface area contributed by atoms with Crippen LogP contribution in [0.1, 0.15) is 30.4 Å². The van der Waals surface area contributed by atoms with E-state index in [1.807, 2.05) is 32.0 Å². The Kier molecular flexibility index (Phi) is 5.11. The lowest BCUT2D eigenvalue weighted by Gasteiger charge is -2.27. The molecule has 0 saturated heterocycles. The first-order valence-electron chi connectivity index (χ1n) is 7.61. The number of sulfonamides is 1. The number of amides is 1. The third-order valence-corrected chi connectivity index (χ3v) is 5.29. The van der Waals surface area contributed by atoms with Gasteiger partial charge in [-0.2, -0.15) is 0 Å². The van der Waals surface area contributed by atoms with Crippen molar-refractivity contribution >= 4 is 21.6 Å². The highest BCUT2D eigenvalue weighted by Crippen LogP contribution is 2.26. The average Bonchev–Trinajstić information content (AvgIpc) is 2.32. The third kappa shape index (κ3) is 4.00. The molecule has 22 heavy (non-hydrogen) atoms. The van der Waals surface area contributed by atoms with E-state index in [1.54, 1.807) is 0 Å². The highest BCUT2D eigenvalue weighted by molar-refractivity contribution is 7.92. The molecule has 1 fully saturated rings. The van der Waals surface area contributed by atoms with Crippen LogP contribution >= 0.6 is 0 Å². The standard InChI is InChI=1S/C16H24N2O3S/c1-12-7-8-15(13(2)11-12)18(22(3,20)21)10-9-17-16(19)14-5-4-6-14/h7-8,11,14H,4-6,9-10H2,1-3H3,(H,17,19). The molecule has 1 amide bonds. The predicted molar refractivity (Wildman–Crippen MR) is 88.5 cm³/mol. The van der Waals surface area contributed by atoms with E-state index in [0.29, 0.717) is 12.2 Å². The van der Waals surface area contributed by atoms with Gasteiger partial charge in [0.05, 0.1) is 18.5 Å². The van der Waals surface area contributed by atoms with Crippen molar-refractivity contribution in [3.05, 3.63) is 29.3 Å². The lowest BCUT2D eigenvalue weighted by Crippen LogP contribution is -2.41. The Morgan fingerprint density at radius 1 is 1.32 bits per heavy atom. The van der Waals surface area contributed by atoms with Gasteiger partial charge in [0.15, 0.2) is 0 Å². The van der Waals surface area contributed by atoms with E-state index in [1.165, 1.54) is 10.6 Å². The van der Waals surface area contributed by atoms with Crippen LogP contribution in [-0.4, -0.2) is 33.7 Å². The van der Waals surface area contributed by atoms with Gasteiger partial charge in [-0.3, -0.25) is 9.10 Å². The van der Waals surface area contributed by atoms with E-state index in [9.17, 15) is 13.2 Å². The number of hydrogen-bond donors (Lipinski definition) is 1. The number of carbonyl (C=O) groups is 1. The number of carbonyl (C=O) groups excluding carboxylic acids is 1. The van der Waals surface area contributed by atoms with Crippen LogP contribution in [0, 0.1) is 19.8 Å². The molecule has 0 aliphatic heterocycles. The molecule has 5 nitrogen and oxygen atoms in total. The summed E-state index contributed by atoms with van der Waals surface area (Å²) in [6.45, 7) is 4.45. The van der Waals surface area contributed by atoms with Crippen LogP contribution in [0.2, 0.25) is 0 Å². The predicted octanol–water partition coefficient (Wildman–Crippen LogP) is 1.99. The molecular formula is C16H24N2O3S. The van der Waals surface area contributed by atoms with Gasteiger partial charge >= 0.3 is 0 Å². The molecule has 0 aromatic heterocycles. The van der Waals surface area contributed by atoms with E-state index < -0.39 is 10.0 Å². The summed E-state index contributed by atoms with van der Waals surface area (Å²) in [7, 11) is -3.38. The zero-order valence-electron chi connectivity index (χ0n) is 13.4. The van der Waals surface area contributed by atoms with Gasteiger partial charge in [0.1, 0.15) is 0 Å². The lowest BCUT2D eigenvalue weighted by atomic mass is 9.85. The maximum atomic E-state index is 12.1. The van der Waals surface area contributed by atoms with E-state index in [2.05, 4.69) is 5.32 Å². The number of benzene rings is 1. The summed E-state index contributed by atoms with van der Waals surface area (Å²) >= 11 is 0. The van der Waals surface area contributed by atoms with Gasteiger partial charge in [0, 0.05) is 12.5 Å². The second kappa shape index (κ2) is 6.69. The van der Waals surface area contributed by atoms with Crippen molar-refractivity contribution in [2.24, 2.45) is 5.92 Å². The second-order valence-corrected chi connectivity index (χ2v) is 7.95. The average molecular weight is 324 g/mol. The molecule has 1 aliphatic rings. The number of rotatable bonds is 6. The number of nitrogens with one attached hydrogen (secondary N) is 1. The number of nitrogens with zero attached hydrogens (tertiary/aromatic N) is 1. The number of hydrogen-bond acceptors (Lipinski definition) is 3. The molecular weight excluding hydrogens is 300 g/mol. The largest absolute Gasteiger partial charge is 0.354 e. The summed E-state index contributed by atoms with van der Waals surface area (Å²) in [6, 6.07) is 5.67. The minimum Gasteiger partial charge on any atom is -0.354 e. The Morgan fingerprint density at radius 2 is 2.00 bits per heavy atom. The zero-order valence-corrected chi connectivity index (χ0v) is 14.2. The molecule has 122 valence electrons. The van der Waals surface area contributed by atoms with Gasteiger partial charge in [0.25, 0.3) is 0 Å². The zero-order chi connectivity index (χ0) is 16.3. The molecule has 2 rings (SSSR count). The second-order valence-electron chi connectivity index (χ2n) is 6.04. The Morgan fingerprint density at radius 3 is 2.50 bits per heavy atom. The van der Waals surface area contributed by atoms with Crippen LogP contribution in [0.5, 0.6) is 0 Å². The molecule has 6 heteroatoms. The van der Waals surface area contributed by atoms with Gasteiger partial charge < -0.3 is 5.32 Å². The first kappa shape index (κ1) is 16.8. The SMILES string of the molecule is Cc1ccc(N(CCNC(=O)C2CCC2)S(C)(=O)=O)c(C)c1. The van der Waals surface area contributed by atoms with Crippen LogP contribution in [0.4, 0.5) is 5.69 Å². The molecule has 1 aromatic rings. The quantitative estimate of drug-likeness (QED) is 0.870. The van der Waals surface area contributed by atoms with Crippen molar-refractivity contribution < 1.29 is 13.2 Å². The summed E-state index contributed by atoms with van der Waals surface area (Å²) in [5.41, 5.74) is 2.68. The Bertz CT molecular complexity index is 651. The third-order valence-electron chi connectivity index (χ3n) is 4.11. The van der Waals surface area contributed by atoms with Crippen LogP contribution in [0.25, 0.3) is 0 Å². The minimum absolute atomic E-state index is 0.0420. The minimum atomic E-state index is -3.38. The van der Waals surface area contributed by atoms with Gasteiger partial charge in [-0.25, -0.2) is 8.42 Å². The van der Waals surface area contributed by atoms with Crippen molar-refractivity contribution in [3.8, 4) is 0 Å². The van der Waals surface area contributed by atoms with Gasteiger partial charge in [-0.1, -0.05) is 24.1 Å². The lowest BCUT2D eigenvalue weighted by molar-refractivity contribution is -0.127. The van der Waals surface area contributed by atoms with Gasteiger partial charge in [-0.05, 0) is 38.3 Å². The molecule has 1 aliphatic carbocycles. The molecule has 0 atom stereocenters. The van der Waals surface area contributed by atoms with Crippen LogP contribution in [-0.2, 0) is 14.8 Å². The van der Waals surface area contributed by atoms with Crippen molar-refractivity contribution in [2.45, 2.75) is 33.1 Å². The topological polar surface area (TPSA) is 66.5 Å². The van der Waals surface area contributed by atoms with E-state index >= 15 is 0 Å². The molecule has 0 heterocycles. The first-order valence-corrected chi connectivity index (χ1v) is 9.46. The fourth-order valence-electron chi connectivity index (χ4n) is 2.65. The van der Waals surface area contributed by atoms with Crippen molar-refractivity contribution in [3.63, 3.8) is 0 Å². The molecule has 0 spiro atoms. The summed E-state index contributed by atoms with van der Waals surface area (Å²) < 4.78 is 25.5. The monoisotopic (exact) mass is 324 g/mol. The van der Waals surface area contributed by atoms with E-state index in [4.69, 9.17) is 0 Å². The van der Waals surface area contributed by atoms with Gasteiger partial charge in [-0.15, -0.1) is 0 Å². The molecule has 1 aromatic carbocycles. The van der Waals surface area contributed by atoms with Crippen LogP contribution in [0.3, 0.4) is 0 Å². The summed E-state index contributed by atoms with van der Waals surface area (Å²) in [4.78, 5) is 11.8. The molecule has 1 saturated carbocycles. The Balaban J connectivity index is 2.05. The van der Waals surface area contributed by atoms with E-state index in [-0.39, 0.29) is 18.4 Å². The summed E-state index contributed by atoms with van der Waals surface area (Å²) in [5.74, 6) is 0.160. The maximum absolute atomic E-state index is 12.1. The smallest absolute Gasteiger partial charge is 0.232 e. The normalized spacial score (nSPS) is 15.2. The van der Waals surface area contributed by atoms with Crippen molar-refractivity contribution in [2.75, 3.05) is 23.7 Å². The first-order chi connectivity index (χ1) is 10.3. The number of anilines is 1. The maximum Gasteiger partial charge on any atom is 0.232 e. The highest BCUT2D eigenvalue weighted by Gasteiger charge is 2.25. The summed E-state index contributed by atoms with van der Waals surface area (Å²) in [6.07, 6.45) is 4.19. The molecule has 0 bridgehead atoms. The Hall–Kier alpha value is -1.56. The van der Waals surface area contributed by atoms with Crippen molar-refractivity contribution in [1.82, 2.24) is 5.32 Å². The molecule has 0 unspecified atom stereocenters. The summed E-state index contributed by atoms with van der Waals surface area (Å²) in [5, 5.41) is 2.84. The van der Waals surface area contributed by atoms with Crippen LogP contribution < -0.4 is 9.62 Å². The fraction of sp³-hybridized carbons (Fsp3) is 0.562. The van der Waals surface area contributed by atoms with Gasteiger partial charge in [0.2, 0.25) is 15.9 Å².